The summed E-state index contributed by atoms with van der Waals surface area (Å²) in [6, 6.07) is 29.1. The van der Waals surface area contributed by atoms with Gasteiger partial charge in [0, 0.05) is 18.2 Å². The zero-order chi connectivity index (χ0) is 23.2. The summed E-state index contributed by atoms with van der Waals surface area (Å²) in [5.41, 5.74) is 1.85. The number of nitrogens with one attached hydrogen (secondary N) is 1. The second-order valence-electron chi connectivity index (χ2n) is 7.76. The lowest BCUT2D eigenvalue weighted by atomic mass is 9.88. The van der Waals surface area contributed by atoms with E-state index in [9.17, 15) is 14.7 Å². The molecule has 33 heavy (non-hydrogen) atoms. The minimum absolute atomic E-state index is 0.00516. The molecular weight excluding hydrogens is 414 g/mol. The highest BCUT2D eigenvalue weighted by Crippen LogP contribution is 2.28. The number of aromatic amines is 1. The second-order valence-corrected chi connectivity index (χ2v) is 7.76. The third-order valence-electron chi connectivity index (χ3n) is 5.63. The van der Waals surface area contributed by atoms with E-state index in [2.05, 4.69) is 34.2 Å². The SMILES string of the molecule is CC(=NCCC(c1ccccc1)c1ccccc1)c1c(O)n(-c2ccccc2)c(=O)[nH]c1=O. The molecule has 0 aliphatic carbocycles. The van der Waals surface area contributed by atoms with Crippen molar-refractivity contribution < 1.29 is 5.11 Å². The van der Waals surface area contributed by atoms with Crippen molar-refractivity contribution in [2.24, 2.45) is 4.99 Å². The first-order chi connectivity index (χ1) is 16.1. The van der Waals surface area contributed by atoms with Gasteiger partial charge in [-0.25, -0.2) is 9.36 Å². The van der Waals surface area contributed by atoms with Crippen molar-refractivity contribution in [2.75, 3.05) is 6.54 Å². The summed E-state index contributed by atoms with van der Waals surface area (Å²) in [5, 5.41) is 10.8. The molecule has 0 radical (unpaired) electrons. The molecular formula is C27H25N3O3. The van der Waals surface area contributed by atoms with Gasteiger partial charge in [-0.3, -0.25) is 14.8 Å². The van der Waals surface area contributed by atoms with E-state index in [1.807, 2.05) is 36.4 Å². The lowest BCUT2D eigenvalue weighted by Crippen LogP contribution is -2.32. The van der Waals surface area contributed by atoms with Gasteiger partial charge in [0.1, 0.15) is 5.56 Å². The van der Waals surface area contributed by atoms with E-state index in [0.717, 1.165) is 11.0 Å². The minimum atomic E-state index is -0.700. The van der Waals surface area contributed by atoms with Crippen molar-refractivity contribution in [1.29, 1.82) is 0 Å². The van der Waals surface area contributed by atoms with E-state index >= 15 is 0 Å². The molecule has 6 heteroatoms. The first-order valence-electron chi connectivity index (χ1n) is 10.8. The summed E-state index contributed by atoms with van der Waals surface area (Å²) in [7, 11) is 0. The van der Waals surface area contributed by atoms with Crippen molar-refractivity contribution in [2.45, 2.75) is 19.3 Å². The Kier molecular flexibility index (Phi) is 6.64. The average Bonchev–Trinajstić information content (AvgIpc) is 2.83. The fourth-order valence-corrected chi connectivity index (χ4v) is 4.00. The highest BCUT2D eigenvalue weighted by atomic mass is 16.3. The normalized spacial score (nSPS) is 11.6. The maximum Gasteiger partial charge on any atom is 0.335 e. The number of benzene rings is 3. The molecule has 4 rings (SSSR count). The van der Waals surface area contributed by atoms with Crippen molar-refractivity contribution in [3.05, 3.63) is 129 Å². The van der Waals surface area contributed by atoms with Crippen LogP contribution in [0.4, 0.5) is 0 Å². The lowest BCUT2D eigenvalue weighted by molar-refractivity contribution is 0.429. The van der Waals surface area contributed by atoms with Crippen molar-refractivity contribution in [3.63, 3.8) is 0 Å². The molecule has 3 aromatic carbocycles. The van der Waals surface area contributed by atoms with Crippen LogP contribution < -0.4 is 11.2 Å². The molecule has 2 N–H and O–H groups in total. The second kappa shape index (κ2) is 9.96. The maximum atomic E-state index is 12.5. The molecule has 4 aromatic rings. The van der Waals surface area contributed by atoms with Crippen molar-refractivity contribution >= 4 is 5.71 Å². The number of rotatable bonds is 7. The van der Waals surface area contributed by atoms with E-state index in [1.54, 1.807) is 37.3 Å². The third kappa shape index (κ3) is 4.85. The van der Waals surface area contributed by atoms with Gasteiger partial charge in [-0.15, -0.1) is 0 Å². The first kappa shape index (κ1) is 22.0. The molecule has 1 heterocycles. The van der Waals surface area contributed by atoms with Crippen LogP contribution >= 0.6 is 0 Å². The molecule has 166 valence electrons. The summed E-state index contributed by atoms with van der Waals surface area (Å²) >= 11 is 0. The largest absolute Gasteiger partial charge is 0.493 e. The zero-order valence-corrected chi connectivity index (χ0v) is 18.3. The van der Waals surface area contributed by atoms with Crippen LogP contribution in [0.5, 0.6) is 5.88 Å². The Hall–Kier alpha value is -4.19. The number of nitrogens with zero attached hydrogens (tertiary/aromatic N) is 2. The van der Waals surface area contributed by atoms with Crippen molar-refractivity contribution in [3.8, 4) is 11.6 Å². The maximum absolute atomic E-state index is 12.5. The van der Waals surface area contributed by atoms with E-state index in [-0.39, 0.29) is 11.5 Å². The fourth-order valence-electron chi connectivity index (χ4n) is 4.00. The van der Waals surface area contributed by atoms with Crippen LogP contribution in [0.2, 0.25) is 0 Å². The molecule has 0 saturated carbocycles. The predicted molar refractivity (Wildman–Crippen MR) is 131 cm³/mol. The monoisotopic (exact) mass is 439 g/mol. The Morgan fingerprint density at radius 3 is 1.94 bits per heavy atom. The van der Waals surface area contributed by atoms with Crippen molar-refractivity contribution in [1.82, 2.24) is 9.55 Å². The standard InChI is InChI=1S/C27H25N3O3/c1-19(24-25(31)29-27(33)30(26(24)32)22-15-9-4-10-16-22)28-18-17-23(20-11-5-2-6-12-20)21-13-7-3-8-14-21/h2-16,23,32H,17-18H2,1H3,(H,29,31,33). The number of aliphatic imine (C=N–C) groups is 1. The van der Waals surface area contributed by atoms with Gasteiger partial charge < -0.3 is 5.11 Å². The Bertz CT molecular complexity index is 1320. The molecule has 1 aromatic heterocycles. The zero-order valence-electron chi connectivity index (χ0n) is 18.3. The number of para-hydroxylation sites is 1. The van der Waals surface area contributed by atoms with Gasteiger partial charge in [-0.2, -0.15) is 0 Å². The summed E-state index contributed by atoms with van der Waals surface area (Å²) in [5.74, 6) is -0.270. The minimum Gasteiger partial charge on any atom is -0.493 e. The van der Waals surface area contributed by atoms with Gasteiger partial charge in [0.15, 0.2) is 0 Å². The fraction of sp³-hybridized carbons (Fsp3) is 0.148. The van der Waals surface area contributed by atoms with Gasteiger partial charge in [0.25, 0.3) is 5.56 Å². The van der Waals surface area contributed by atoms with Crippen LogP contribution in [-0.2, 0) is 0 Å². The summed E-state index contributed by atoms with van der Waals surface area (Å²) in [6.45, 7) is 2.12. The molecule has 0 fully saturated rings. The van der Waals surface area contributed by atoms with Gasteiger partial charge in [0.2, 0.25) is 5.88 Å². The summed E-state index contributed by atoms with van der Waals surface area (Å²) in [4.78, 5) is 31.8. The number of hydrogen-bond acceptors (Lipinski definition) is 4. The Morgan fingerprint density at radius 1 is 0.879 bits per heavy atom. The quantitative estimate of drug-likeness (QED) is 0.422. The van der Waals surface area contributed by atoms with E-state index < -0.39 is 17.1 Å². The molecule has 0 atom stereocenters. The molecule has 0 aliphatic heterocycles. The first-order valence-corrected chi connectivity index (χ1v) is 10.8. The number of H-pyrrole nitrogens is 1. The van der Waals surface area contributed by atoms with E-state index in [4.69, 9.17) is 0 Å². The van der Waals surface area contributed by atoms with Gasteiger partial charge in [-0.1, -0.05) is 78.9 Å². The molecule has 0 bridgehead atoms. The molecule has 0 aliphatic rings. The lowest BCUT2D eigenvalue weighted by Gasteiger charge is -2.17. The Labute approximate surface area is 191 Å². The highest BCUT2D eigenvalue weighted by Gasteiger charge is 2.18. The van der Waals surface area contributed by atoms with Crippen LogP contribution in [0, 0.1) is 0 Å². The predicted octanol–water partition coefficient (Wildman–Crippen LogP) is 4.26. The molecule has 0 amide bonds. The van der Waals surface area contributed by atoms with Gasteiger partial charge in [-0.05, 0) is 36.6 Å². The van der Waals surface area contributed by atoms with Crippen LogP contribution in [0.15, 0.2) is 106 Å². The number of aromatic hydroxyl groups is 1. The molecule has 0 spiro atoms. The van der Waals surface area contributed by atoms with Gasteiger partial charge in [0.05, 0.1) is 5.69 Å². The molecule has 6 nitrogen and oxygen atoms in total. The number of aromatic nitrogens is 2. The summed E-state index contributed by atoms with van der Waals surface area (Å²) in [6.07, 6.45) is 0.725. The highest BCUT2D eigenvalue weighted by molar-refractivity contribution is 6.00. The average molecular weight is 440 g/mol. The van der Waals surface area contributed by atoms with E-state index in [0.29, 0.717) is 17.9 Å². The molecule has 0 saturated heterocycles. The van der Waals surface area contributed by atoms with Crippen LogP contribution in [0.3, 0.4) is 0 Å². The smallest absolute Gasteiger partial charge is 0.335 e. The van der Waals surface area contributed by atoms with Crippen LogP contribution in [0.1, 0.15) is 36.0 Å². The van der Waals surface area contributed by atoms with E-state index in [1.165, 1.54) is 11.1 Å². The topological polar surface area (TPSA) is 87.4 Å². The number of hydrogen-bond donors (Lipinski definition) is 2. The molecule has 0 unspecified atom stereocenters. The van der Waals surface area contributed by atoms with Gasteiger partial charge >= 0.3 is 5.69 Å². The Balaban J connectivity index is 1.64. The Morgan fingerprint density at radius 2 is 1.39 bits per heavy atom. The third-order valence-corrected chi connectivity index (χ3v) is 5.63. The van der Waals surface area contributed by atoms with Crippen LogP contribution in [-0.4, -0.2) is 26.9 Å². The summed E-state index contributed by atoms with van der Waals surface area (Å²) < 4.78 is 1.08. The van der Waals surface area contributed by atoms with Crippen LogP contribution in [0.25, 0.3) is 5.69 Å².